The fourth-order valence-electron chi connectivity index (χ4n) is 2.56. The Labute approximate surface area is 172 Å². The summed E-state index contributed by atoms with van der Waals surface area (Å²) in [6.07, 6.45) is 0. The lowest BCUT2D eigenvalue weighted by molar-refractivity contribution is -0.123. The lowest BCUT2D eigenvalue weighted by atomic mass is 9.93. The van der Waals surface area contributed by atoms with Crippen LogP contribution in [0.15, 0.2) is 48.5 Å². The zero-order chi connectivity index (χ0) is 21.3. The van der Waals surface area contributed by atoms with Crippen LogP contribution in [-0.2, 0) is 9.59 Å². The zero-order valence-electron chi connectivity index (χ0n) is 17.6. The molecule has 0 heterocycles. The quantitative estimate of drug-likeness (QED) is 0.645. The molecule has 0 aromatic heterocycles. The van der Waals surface area contributed by atoms with Gasteiger partial charge in [-0.25, -0.2) is 0 Å². The Morgan fingerprint density at radius 1 is 0.759 bits per heavy atom. The SMILES string of the molecule is Cc1ccccc1OCC(=O)NCC(C)(C)CNC(=O)COc1ccccc1C. The maximum absolute atomic E-state index is 12.1. The summed E-state index contributed by atoms with van der Waals surface area (Å²) in [6, 6.07) is 15.1. The number of hydrogen-bond donors (Lipinski definition) is 2. The van der Waals surface area contributed by atoms with Crippen LogP contribution in [0.25, 0.3) is 0 Å². The molecule has 0 saturated carbocycles. The van der Waals surface area contributed by atoms with Crippen molar-refractivity contribution in [2.45, 2.75) is 27.7 Å². The van der Waals surface area contributed by atoms with E-state index in [2.05, 4.69) is 10.6 Å². The molecule has 6 heteroatoms. The first-order valence-corrected chi connectivity index (χ1v) is 9.67. The van der Waals surface area contributed by atoms with Gasteiger partial charge in [-0.2, -0.15) is 0 Å². The summed E-state index contributed by atoms with van der Waals surface area (Å²) in [7, 11) is 0. The molecule has 0 spiro atoms. The molecule has 2 N–H and O–H groups in total. The molecule has 0 unspecified atom stereocenters. The molecule has 29 heavy (non-hydrogen) atoms. The van der Waals surface area contributed by atoms with Crippen LogP contribution < -0.4 is 20.1 Å². The highest BCUT2D eigenvalue weighted by Gasteiger charge is 2.20. The molecule has 0 atom stereocenters. The van der Waals surface area contributed by atoms with E-state index in [0.717, 1.165) is 11.1 Å². The number of carbonyl (C=O) groups excluding carboxylic acids is 2. The summed E-state index contributed by atoms with van der Waals surface area (Å²) in [6.45, 7) is 8.55. The molecule has 2 aromatic rings. The Bertz CT molecular complexity index is 766. The first-order chi connectivity index (χ1) is 13.8. The topological polar surface area (TPSA) is 76.7 Å². The van der Waals surface area contributed by atoms with Crippen molar-refractivity contribution in [3.8, 4) is 11.5 Å². The number of ether oxygens (including phenoxy) is 2. The number of carbonyl (C=O) groups is 2. The second kappa shape index (κ2) is 10.5. The van der Waals surface area contributed by atoms with Crippen LogP contribution in [-0.4, -0.2) is 38.1 Å². The van der Waals surface area contributed by atoms with Gasteiger partial charge in [0.1, 0.15) is 11.5 Å². The van der Waals surface area contributed by atoms with E-state index in [-0.39, 0.29) is 30.4 Å². The van der Waals surface area contributed by atoms with E-state index >= 15 is 0 Å². The van der Waals surface area contributed by atoms with Gasteiger partial charge in [0, 0.05) is 13.1 Å². The van der Waals surface area contributed by atoms with Crippen molar-refractivity contribution in [1.82, 2.24) is 10.6 Å². The Hall–Kier alpha value is -3.02. The summed E-state index contributed by atoms with van der Waals surface area (Å²) in [4.78, 5) is 24.1. The molecule has 2 amide bonds. The van der Waals surface area contributed by atoms with Crippen LogP contribution in [0.5, 0.6) is 11.5 Å². The van der Waals surface area contributed by atoms with Gasteiger partial charge in [-0.15, -0.1) is 0 Å². The Kier molecular flexibility index (Phi) is 8.07. The molecule has 0 fully saturated rings. The number of hydrogen-bond acceptors (Lipinski definition) is 4. The maximum atomic E-state index is 12.1. The molecule has 2 rings (SSSR count). The van der Waals surface area contributed by atoms with Gasteiger partial charge in [-0.1, -0.05) is 50.2 Å². The molecule has 0 aliphatic carbocycles. The number of nitrogens with one attached hydrogen (secondary N) is 2. The van der Waals surface area contributed by atoms with Gasteiger partial charge in [0.05, 0.1) is 0 Å². The van der Waals surface area contributed by atoms with Gasteiger partial charge in [0.2, 0.25) is 0 Å². The third-order valence-corrected chi connectivity index (χ3v) is 4.43. The van der Waals surface area contributed by atoms with Crippen molar-refractivity contribution in [1.29, 1.82) is 0 Å². The van der Waals surface area contributed by atoms with Crippen LogP contribution in [0, 0.1) is 19.3 Å². The van der Waals surface area contributed by atoms with Gasteiger partial charge in [-0.3, -0.25) is 9.59 Å². The standard InChI is InChI=1S/C23H30N2O4/c1-17-9-5-7-11-19(17)28-13-21(26)24-15-23(3,4)16-25-22(27)14-29-20-12-8-6-10-18(20)2/h5-12H,13-16H2,1-4H3,(H,24,26)(H,25,27). The minimum absolute atomic E-state index is 0.0441. The molecular weight excluding hydrogens is 368 g/mol. The lowest BCUT2D eigenvalue weighted by Gasteiger charge is -2.25. The molecule has 0 radical (unpaired) electrons. The van der Waals surface area contributed by atoms with E-state index in [9.17, 15) is 9.59 Å². The third-order valence-electron chi connectivity index (χ3n) is 4.43. The molecule has 0 saturated heterocycles. The number of amides is 2. The van der Waals surface area contributed by atoms with E-state index < -0.39 is 0 Å². The minimum atomic E-state index is -0.309. The predicted molar refractivity (Wildman–Crippen MR) is 113 cm³/mol. The van der Waals surface area contributed by atoms with Crippen molar-refractivity contribution >= 4 is 11.8 Å². The van der Waals surface area contributed by atoms with Crippen LogP contribution in [0.1, 0.15) is 25.0 Å². The second-order valence-corrected chi connectivity index (χ2v) is 7.83. The number of benzene rings is 2. The van der Waals surface area contributed by atoms with Gasteiger partial charge in [0.15, 0.2) is 13.2 Å². The van der Waals surface area contributed by atoms with E-state index in [1.807, 2.05) is 76.2 Å². The fourth-order valence-corrected chi connectivity index (χ4v) is 2.56. The summed E-state index contributed by atoms with van der Waals surface area (Å²) >= 11 is 0. The van der Waals surface area contributed by atoms with Crippen molar-refractivity contribution in [2.75, 3.05) is 26.3 Å². The van der Waals surface area contributed by atoms with Gasteiger partial charge >= 0.3 is 0 Å². The van der Waals surface area contributed by atoms with Crippen molar-refractivity contribution in [2.24, 2.45) is 5.41 Å². The van der Waals surface area contributed by atoms with Gasteiger partial charge < -0.3 is 20.1 Å². The van der Waals surface area contributed by atoms with Crippen LogP contribution in [0.4, 0.5) is 0 Å². The monoisotopic (exact) mass is 398 g/mol. The fraction of sp³-hybridized carbons (Fsp3) is 0.391. The van der Waals surface area contributed by atoms with Crippen LogP contribution >= 0.6 is 0 Å². The highest BCUT2D eigenvalue weighted by Crippen LogP contribution is 2.17. The van der Waals surface area contributed by atoms with Gasteiger partial charge in [0.25, 0.3) is 11.8 Å². The highest BCUT2D eigenvalue weighted by atomic mass is 16.5. The Morgan fingerprint density at radius 2 is 1.14 bits per heavy atom. The van der Waals surface area contributed by atoms with E-state index in [0.29, 0.717) is 24.6 Å². The summed E-state index contributed by atoms with van der Waals surface area (Å²) in [5.41, 5.74) is 1.66. The molecule has 6 nitrogen and oxygen atoms in total. The molecule has 0 aliphatic rings. The molecular formula is C23H30N2O4. The summed E-state index contributed by atoms with van der Waals surface area (Å²) in [5.74, 6) is 0.997. The highest BCUT2D eigenvalue weighted by molar-refractivity contribution is 5.78. The summed E-state index contributed by atoms with van der Waals surface area (Å²) < 4.78 is 11.1. The normalized spacial score (nSPS) is 10.9. The molecule has 0 aliphatic heterocycles. The second-order valence-electron chi connectivity index (χ2n) is 7.83. The smallest absolute Gasteiger partial charge is 0.257 e. The van der Waals surface area contributed by atoms with E-state index in [4.69, 9.17) is 9.47 Å². The average Bonchev–Trinajstić information content (AvgIpc) is 2.70. The first kappa shape index (κ1) is 22.3. The number of aryl methyl sites for hydroxylation is 2. The number of rotatable bonds is 10. The first-order valence-electron chi connectivity index (χ1n) is 9.67. The van der Waals surface area contributed by atoms with Crippen molar-refractivity contribution in [3.05, 3.63) is 59.7 Å². The lowest BCUT2D eigenvalue weighted by Crippen LogP contribution is -2.44. The third kappa shape index (κ3) is 7.86. The van der Waals surface area contributed by atoms with E-state index in [1.54, 1.807) is 0 Å². The van der Waals surface area contributed by atoms with E-state index in [1.165, 1.54) is 0 Å². The Morgan fingerprint density at radius 3 is 1.52 bits per heavy atom. The average molecular weight is 399 g/mol. The van der Waals surface area contributed by atoms with Crippen molar-refractivity contribution < 1.29 is 19.1 Å². The molecule has 0 bridgehead atoms. The largest absolute Gasteiger partial charge is 0.484 e. The van der Waals surface area contributed by atoms with Crippen molar-refractivity contribution in [3.63, 3.8) is 0 Å². The van der Waals surface area contributed by atoms with Crippen LogP contribution in [0.2, 0.25) is 0 Å². The maximum Gasteiger partial charge on any atom is 0.257 e. The van der Waals surface area contributed by atoms with Crippen LogP contribution in [0.3, 0.4) is 0 Å². The summed E-state index contributed by atoms with van der Waals surface area (Å²) in [5, 5.41) is 5.71. The molecule has 156 valence electrons. The van der Waals surface area contributed by atoms with Gasteiger partial charge in [-0.05, 0) is 42.5 Å². The molecule has 2 aromatic carbocycles. The minimum Gasteiger partial charge on any atom is -0.484 e. The Balaban J connectivity index is 1.68. The number of para-hydroxylation sites is 2. The zero-order valence-corrected chi connectivity index (χ0v) is 17.6. The predicted octanol–water partition coefficient (Wildman–Crippen LogP) is 3.02.